The van der Waals surface area contributed by atoms with E-state index in [9.17, 15) is 9.59 Å². The molecule has 0 bridgehead atoms. The summed E-state index contributed by atoms with van der Waals surface area (Å²) < 4.78 is 5.37. The van der Waals surface area contributed by atoms with Crippen molar-refractivity contribution in [1.82, 2.24) is 4.90 Å². The van der Waals surface area contributed by atoms with Crippen LogP contribution in [0.1, 0.15) is 33.1 Å². The quantitative estimate of drug-likeness (QED) is 0.721. The predicted octanol–water partition coefficient (Wildman–Crippen LogP) is 1.61. The van der Waals surface area contributed by atoms with E-state index < -0.39 is 5.97 Å². The molecule has 1 aliphatic heterocycles. The van der Waals surface area contributed by atoms with Gasteiger partial charge in [-0.25, -0.2) is 0 Å². The van der Waals surface area contributed by atoms with Crippen molar-refractivity contribution in [2.45, 2.75) is 44.5 Å². The first-order chi connectivity index (χ1) is 9.04. The maximum atomic E-state index is 12.2. The third-order valence-electron chi connectivity index (χ3n) is 3.07. The molecule has 6 heteroatoms. The number of carboxylic acids is 1. The molecule has 0 radical (unpaired) electrons. The zero-order valence-corrected chi connectivity index (χ0v) is 12.4. The Labute approximate surface area is 118 Å². The maximum absolute atomic E-state index is 12.2. The maximum Gasteiger partial charge on any atom is 0.306 e. The second kappa shape index (κ2) is 8.43. The van der Waals surface area contributed by atoms with Gasteiger partial charge in [-0.3, -0.25) is 9.59 Å². The number of ether oxygens (including phenoxy) is 1. The number of carbonyl (C=O) groups is 2. The minimum Gasteiger partial charge on any atom is -0.481 e. The number of carboxylic acid groups (broad SMARTS) is 1. The van der Waals surface area contributed by atoms with E-state index in [4.69, 9.17) is 9.84 Å². The lowest BCUT2D eigenvalue weighted by atomic mass is 10.2. The number of nitrogens with zero attached hydrogens (tertiary/aromatic N) is 1. The fraction of sp³-hybridized carbons (Fsp3) is 0.846. The van der Waals surface area contributed by atoms with Gasteiger partial charge in [0, 0.05) is 13.1 Å². The molecule has 0 saturated carbocycles. The Balaban J connectivity index is 2.40. The van der Waals surface area contributed by atoms with Gasteiger partial charge in [-0.05, 0) is 19.1 Å². The molecule has 1 rings (SSSR count). The molecule has 0 aromatic heterocycles. The molecule has 1 aliphatic rings. The summed E-state index contributed by atoms with van der Waals surface area (Å²) in [6, 6.07) is 0. The number of morpholine rings is 1. The van der Waals surface area contributed by atoms with E-state index in [-0.39, 0.29) is 23.7 Å². The first-order valence-electron chi connectivity index (χ1n) is 6.78. The van der Waals surface area contributed by atoms with Crippen molar-refractivity contribution in [3.8, 4) is 0 Å². The molecule has 1 saturated heterocycles. The van der Waals surface area contributed by atoms with Crippen LogP contribution in [-0.4, -0.2) is 58.7 Å². The molecule has 0 aliphatic carbocycles. The normalized spacial score (nSPS) is 21.2. The van der Waals surface area contributed by atoms with Gasteiger partial charge in [0.2, 0.25) is 5.91 Å². The predicted molar refractivity (Wildman–Crippen MR) is 75.4 cm³/mol. The second-order valence-corrected chi connectivity index (χ2v) is 6.19. The van der Waals surface area contributed by atoms with Gasteiger partial charge in [-0.2, -0.15) is 0 Å². The van der Waals surface area contributed by atoms with E-state index in [0.717, 1.165) is 18.6 Å². The molecule has 110 valence electrons. The van der Waals surface area contributed by atoms with Crippen LogP contribution in [0.4, 0.5) is 0 Å². The van der Waals surface area contributed by atoms with Crippen LogP contribution in [0, 0.1) is 0 Å². The Morgan fingerprint density at radius 3 is 2.89 bits per heavy atom. The van der Waals surface area contributed by atoms with E-state index in [1.165, 1.54) is 0 Å². The van der Waals surface area contributed by atoms with Crippen LogP contribution in [0.15, 0.2) is 0 Å². The van der Waals surface area contributed by atoms with E-state index in [1.807, 2.05) is 6.92 Å². The standard InChI is InChI=1S/C13H23NO4S/c1-3-4-7-19-10(2)13(17)14-5-6-18-11(9-14)8-12(15)16/h10-11H,3-9H2,1-2H3,(H,15,16). The van der Waals surface area contributed by atoms with Crippen molar-refractivity contribution in [3.63, 3.8) is 0 Å². The lowest BCUT2D eigenvalue weighted by Gasteiger charge is -2.33. The van der Waals surface area contributed by atoms with Gasteiger partial charge >= 0.3 is 5.97 Å². The van der Waals surface area contributed by atoms with E-state index in [2.05, 4.69) is 6.92 Å². The average Bonchev–Trinajstić information content (AvgIpc) is 2.37. The van der Waals surface area contributed by atoms with Crippen LogP contribution in [0.3, 0.4) is 0 Å². The SMILES string of the molecule is CCCCSC(C)C(=O)N1CCOC(CC(=O)O)C1. The molecule has 0 spiro atoms. The van der Waals surface area contributed by atoms with Crippen LogP contribution in [0.5, 0.6) is 0 Å². The largest absolute Gasteiger partial charge is 0.481 e. The molecule has 2 unspecified atom stereocenters. The summed E-state index contributed by atoms with van der Waals surface area (Å²) in [6.45, 7) is 5.43. The van der Waals surface area contributed by atoms with Crippen molar-refractivity contribution in [2.75, 3.05) is 25.4 Å². The fourth-order valence-corrected chi connectivity index (χ4v) is 3.07. The van der Waals surface area contributed by atoms with E-state index >= 15 is 0 Å². The Morgan fingerprint density at radius 1 is 1.53 bits per heavy atom. The second-order valence-electron chi connectivity index (χ2n) is 4.74. The molecule has 0 aromatic rings. The van der Waals surface area contributed by atoms with Gasteiger partial charge in [0.1, 0.15) is 0 Å². The highest BCUT2D eigenvalue weighted by Gasteiger charge is 2.28. The van der Waals surface area contributed by atoms with Gasteiger partial charge < -0.3 is 14.7 Å². The Bertz CT molecular complexity index is 311. The molecule has 0 aromatic carbocycles. The van der Waals surface area contributed by atoms with E-state index in [1.54, 1.807) is 16.7 Å². The summed E-state index contributed by atoms with van der Waals surface area (Å²) in [7, 11) is 0. The third-order valence-corrected chi connectivity index (χ3v) is 4.29. The highest BCUT2D eigenvalue weighted by molar-refractivity contribution is 8.00. The molecule has 1 heterocycles. The number of carbonyl (C=O) groups excluding carboxylic acids is 1. The number of amides is 1. The smallest absolute Gasteiger partial charge is 0.306 e. The van der Waals surface area contributed by atoms with Crippen LogP contribution < -0.4 is 0 Å². The molecule has 2 atom stereocenters. The molecule has 19 heavy (non-hydrogen) atoms. The zero-order valence-electron chi connectivity index (χ0n) is 11.6. The molecule has 1 amide bonds. The van der Waals surface area contributed by atoms with Crippen molar-refractivity contribution in [2.24, 2.45) is 0 Å². The number of hydrogen-bond donors (Lipinski definition) is 1. The lowest BCUT2D eigenvalue weighted by molar-refractivity contribution is -0.147. The monoisotopic (exact) mass is 289 g/mol. The van der Waals surface area contributed by atoms with Crippen molar-refractivity contribution < 1.29 is 19.4 Å². The van der Waals surface area contributed by atoms with Crippen LogP contribution >= 0.6 is 11.8 Å². The van der Waals surface area contributed by atoms with Crippen molar-refractivity contribution in [1.29, 1.82) is 0 Å². The molecular formula is C13H23NO4S. The van der Waals surface area contributed by atoms with E-state index in [0.29, 0.717) is 19.7 Å². The average molecular weight is 289 g/mol. The van der Waals surface area contributed by atoms with Crippen LogP contribution in [-0.2, 0) is 14.3 Å². The summed E-state index contributed by atoms with van der Waals surface area (Å²) in [5, 5.41) is 8.70. The van der Waals surface area contributed by atoms with Gasteiger partial charge in [0.15, 0.2) is 0 Å². The molecule has 1 fully saturated rings. The Kier molecular flexibility index (Phi) is 7.23. The summed E-state index contributed by atoms with van der Waals surface area (Å²) in [5.41, 5.74) is 0. The van der Waals surface area contributed by atoms with Gasteiger partial charge in [0.25, 0.3) is 0 Å². The number of hydrogen-bond acceptors (Lipinski definition) is 4. The van der Waals surface area contributed by atoms with Crippen LogP contribution in [0.25, 0.3) is 0 Å². The summed E-state index contributed by atoms with van der Waals surface area (Å²) in [5.74, 6) is 0.205. The highest BCUT2D eigenvalue weighted by Crippen LogP contribution is 2.18. The van der Waals surface area contributed by atoms with Crippen molar-refractivity contribution in [3.05, 3.63) is 0 Å². The minimum absolute atomic E-state index is 0.0405. The summed E-state index contributed by atoms with van der Waals surface area (Å²) in [6.07, 6.45) is 1.84. The number of rotatable bonds is 7. The minimum atomic E-state index is -0.885. The van der Waals surface area contributed by atoms with Gasteiger partial charge in [-0.15, -0.1) is 11.8 Å². The number of thioether (sulfide) groups is 1. The zero-order chi connectivity index (χ0) is 14.3. The number of unbranched alkanes of at least 4 members (excludes halogenated alkanes) is 1. The lowest BCUT2D eigenvalue weighted by Crippen LogP contribution is -2.48. The first kappa shape index (κ1) is 16.3. The molecular weight excluding hydrogens is 266 g/mol. The Morgan fingerprint density at radius 2 is 2.26 bits per heavy atom. The highest BCUT2D eigenvalue weighted by atomic mass is 32.2. The van der Waals surface area contributed by atoms with Gasteiger partial charge in [-0.1, -0.05) is 13.3 Å². The summed E-state index contributed by atoms with van der Waals surface area (Å²) >= 11 is 1.67. The third kappa shape index (κ3) is 5.82. The Hall–Kier alpha value is -0.750. The molecule has 1 N–H and O–H groups in total. The summed E-state index contributed by atoms with van der Waals surface area (Å²) in [4.78, 5) is 24.6. The van der Waals surface area contributed by atoms with Crippen molar-refractivity contribution >= 4 is 23.6 Å². The fourth-order valence-electron chi connectivity index (χ4n) is 1.97. The van der Waals surface area contributed by atoms with Crippen LogP contribution in [0.2, 0.25) is 0 Å². The van der Waals surface area contributed by atoms with Gasteiger partial charge in [0.05, 0.1) is 24.4 Å². The molecule has 5 nitrogen and oxygen atoms in total. The first-order valence-corrected chi connectivity index (χ1v) is 7.83. The number of aliphatic carboxylic acids is 1. The topological polar surface area (TPSA) is 66.8 Å².